The maximum absolute atomic E-state index is 10.0. The Kier molecular flexibility index (Phi) is 4.76. The molecular formula is C16H22BrNO2. The van der Waals surface area contributed by atoms with Gasteiger partial charge >= 0.3 is 0 Å². The van der Waals surface area contributed by atoms with E-state index in [0.717, 1.165) is 31.5 Å². The molecule has 2 atom stereocenters. The van der Waals surface area contributed by atoms with Crippen LogP contribution in [0.2, 0.25) is 0 Å². The first kappa shape index (κ1) is 15.4. The predicted octanol–water partition coefficient (Wildman–Crippen LogP) is 3.04. The van der Waals surface area contributed by atoms with Gasteiger partial charge in [0.1, 0.15) is 0 Å². The quantitative estimate of drug-likeness (QED) is 0.642. The third kappa shape index (κ3) is 2.59. The molecule has 0 unspecified atom stereocenters. The molecule has 2 N–H and O–H groups in total. The number of phenols is 2. The second kappa shape index (κ2) is 6.19. The molecule has 0 radical (unpaired) electrons. The fourth-order valence-corrected chi connectivity index (χ4v) is 3.71. The van der Waals surface area contributed by atoms with Crippen LogP contribution >= 0.6 is 17.0 Å². The first-order chi connectivity index (χ1) is 9.20. The number of phenolic OH excluding ortho intramolecular Hbond substituents is 2. The Morgan fingerprint density at radius 2 is 2.10 bits per heavy atom. The zero-order valence-corrected chi connectivity index (χ0v) is 13.3. The molecule has 2 aliphatic rings. The molecule has 4 heteroatoms. The Balaban J connectivity index is 0.00000147. The molecule has 1 aliphatic heterocycles. The van der Waals surface area contributed by atoms with Gasteiger partial charge in [-0.05, 0) is 49.8 Å². The molecule has 1 aromatic rings. The monoisotopic (exact) mass is 339 g/mol. The van der Waals surface area contributed by atoms with Crippen molar-refractivity contribution < 1.29 is 10.2 Å². The Bertz CT molecular complexity index is 503. The fraction of sp³-hybridized carbons (Fsp3) is 0.500. The van der Waals surface area contributed by atoms with Crippen molar-refractivity contribution in [1.82, 2.24) is 4.90 Å². The minimum atomic E-state index is 0. The fourth-order valence-electron chi connectivity index (χ4n) is 3.71. The van der Waals surface area contributed by atoms with Crippen LogP contribution in [0.4, 0.5) is 0 Å². The summed E-state index contributed by atoms with van der Waals surface area (Å²) in [5.74, 6) is 0.696. The Morgan fingerprint density at radius 1 is 1.30 bits per heavy atom. The first-order valence-corrected chi connectivity index (χ1v) is 7.08. The van der Waals surface area contributed by atoms with E-state index in [-0.39, 0.29) is 28.5 Å². The van der Waals surface area contributed by atoms with E-state index >= 15 is 0 Å². The number of fused-ring (bicyclic) bond motifs is 2. The second-order valence-corrected chi connectivity index (χ2v) is 5.73. The van der Waals surface area contributed by atoms with Crippen LogP contribution in [0.5, 0.6) is 11.5 Å². The first-order valence-electron chi connectivity index (χ1n) is 7.08. The molecule has 0 bridgehead atoms. The van der Waals surface area contributed by atoms with Gasteiger partial charge in [-0.1, -0.05) is 12.1 Å². The molecule has 0 saturated carbocycles. The lowest BCUT2D eigenvalue weighted by atomic mass is 9.75. The summed E-state index contributed by atoms with van der Waals surface area (Å²) < 4.78 is 0. The maximum atomic E-state index is 10.0. The molecule has 1 saturated heterocycles. The summed E-state index contributed by atoms with van der Waals surface area (Å²) in [6.07, 6.45) is 6.26. The molecule has 1 aromatic carbocycles. The summed E-state index contributed by atoms with van der Waals surface area (Å²) >= 11 is 0. The molecule has 110 valence electrons. The predicted molar refractivity (Wildman–Crippen MR) is 85.8 cm³/mol. The van der Waals surface area contributed by atoms with Crippen LogP contribution in [0.25, 0.3) is 0 Å². The molecule has 1 aliphatic carbocycles. The van der Waals surface area contributed by atoms with Crippen molar-refractivity contribution in [2.75, 3.05) is 13.1 Å². The number of hydrogen-bond acceptors (Lipinski definition) is 3. The molecule has 20 heavy (non-hydrogen) atoms. The highest BCUT2D eigenvalue weighted by Gasteiger charge is 2.36. The van der Waals surface area contributed by atoms with Gasteiger partial charge in [0.2, 0.25) is 0 Å². The Hall–Kier alpha value is -1.00. The van der Waals surface area contributed by atoms with E-state index in [1.165, 1.54) is 18.4 Å². The third-order valence-corrected chi connectivity index (χ3v) is 4.65. The van der Waals surface area contributed by atoms with Crippen LogP contribution in [-0.2, 0) is 12.8 Å². The van der Waals surface area contributed by atoms with E-state index in [9.17, 15) is 10.2 Å². The van der Waals surface area contributed by atoms with Crippen molar-refractivity contribution in [3.8, 4) is 11.5 Å². The number of halogens is 1. The number of nitrogens with zero attached hydrogens (tertiary/aromatic N) is 1. The summed E-state index contributed by atoms with van der Waals surface area (Å²) in [7, 11) is 0. The molecule has 1 fully saturated rings. The molecule has 0 spiro atoms. The molecule has 0 aromatic heterocycles. The van der Waals surface area contributed by atoms with Crippen molar-refractivity contribution in [2.24, 2.45) is 5.92 Å². The van der Waals surface area contributed by atoms with Gasteiger partial charge < -0.3 is 10.2 Å². The van der Waals surface area contributed by atoms with Crippen molar-refractivity contribution in [3.05, 3.63) is 35.9 Å². The minimum Gasteiger partial charge on any atom is -0.504 e. The average Bonchev–Trinajstić information content (AvgIpc) is 2.42. The van der Waals surface area contributed by atoms with Crippen LogP contribution in [0, 0.1) is 5.92 Å². The molecule has 3 nitrogen and oxygen atoms in total. The molecule has 3 rings (SSSR count). The van der Waals surface area contributed by atoms with Crippen molar-refractivity contribution >= 4 is 17.0 Å². The van der Waals surface area contributed by atoms with Crippen LogP contribution in [-0.4, -0.2) is 34.2 Å². The summed E-state index contributed by atoms with van der Waals surface area (Å²) in [5, 5.41) is 19.7. The lowest BCUT2D eigenvalue weighted by molar-refractivity contribution is 0.0965. The second-order valence-electron chi connectivity index (χ2n) is 5.73. The largest absolute Gasteiger partial charge is 0.504 e. The maximum Gasteiger partial charge on any atom is 0.160 e. The van der Waals surface area contributed by atoms with E-state index in [1.54, 1.807) is 6.07 Å². The highest BCUT2D eigenvalue weighted by molar-refractivity contribution is 8.93. The van der Waals surface area contributed by atoms with Gasteiger partial charge in [-0.15, -0.1) is 23.6 Å². The SMILES string of the molecule is Br.C=CCN1CCC[C@@H]2Cc3c(ccc(O)c3O)C[C@H]21. The lowest BCUT2D eigenvalue weighted by Gasteiger charge is -2.44. The number of hydrogen-bond donors (Lipinski definition) is 2. The average molecular weight is 340 g/mol. The van der Waals surface area contributed by atoms with Crippen LogP contribution in [0.3, 0.4) is 0 Å². The minimum absolute atomic E-state index is 0. The van der Waals surface area contributed by atoms with Crippen molar-refractivity contribution in [3.63, 3.8) is 0 Å². The molecule has 0 amide bonds. The highest BCUT2D eigenvalue weighted by atomic mass is 79.9. The van der Waals surface area contributed by atoms with Gasteiger partial charge in [0, 0.05) is 18.2 Å². The van der Waals surface area contributed by atoms with E-state index < -0.39 is 0 Å². The van der Waals surface area contributed by atoms with E-state index in [0.29, 0.717) is 12.0 Å². The molecule has 1 heterocycles. The smallest absolute Gasteiger partial charge is 0.160 e. The van der Waals surface area contributed by atoms with Gasteiger partial charge in [0.15, 0.2) is 11.5 Å². The number of piperidine rings is 1. The van der Waals surface area contributed by atoms with Gasteiger partial charge in [-0.3, -0.25) is 4.90 Å². The number of benzene rings is 1. The standard InChI is InChI=1S/C16H21NO2.BrH/c1-2-7-17-8-3-4-12-9-13-11(10-14(12)17)5-6-15(18)16(13)19;/h2,5-6,12,14,18-19H,1,3-4,7-10H2;1H/t12-,14-;/m1./s1. The number of likely N-dealkylation sites (tertiary alicyclic amines) is 1. The van der Waals surface area contributed by atoms with Gasteiger partial charge in [0.05, 0.1) is 0 Å². The number of aromatic hydroxyl groups is 2. The van der Waals surface area contributed by atoms with E-state index in [1.807, 2.05) is 12.1 Å². The summed E-state index contributed by atoms with van der Waals surface area (Å²) in [6, 6.07) is 4.12. The van der Waals surface area contributed by atoms with Crippen molar-refractivity contribution in [1.29, 1.82) is 0 Å². The Labute approximate surface area is 130 Å². The van der Waals surface area contributed by atoms with Crippen LogP contribution < -0.4 is 0 Å². The zero-order chi connectivity index (χ0) is 13.4. The highest BCUT2D eigenvalue weighted by Crippen LogP contribution is 2.41. The van der Waals surface area contributed by atoms with Gasteiger partial charge in [-0.2, -0.15) is 0 Å². The Morgan fingerprint density at radius 3 is 2.85 bits per heavy atom. The van der Waals surface area contributed by atoms with E-state index in [2.05, 4.69) is 11.5 Å². The summed E-state index contributed by atoms with van der Waals surface area (Å²) in [6.45, 7) is 5.94. The summed E-state index contributed by atoms with van der Waals surface area (Å²) in [4.78, 5) is 2.51. The number of rotatable bonds is 2. The normalized spacial score (nSPS) is 25.2. The lowest BCUT2D eigenvalue weighted by Crippen LogP contribution is -2.49. The topological polar surface area (TPSA) is 43.7 Å². The van der Waals surface area contributed by atoms with Crippen molar-refractivity contribution in [2.45, 2.75) is 31.7 Å². The van der Waals surface area contributed by atoms with Gasteiger partial charge in [-0.25, -0.2) is 0 Å². The third-order valence-electron chi connectivity index (χ3n) is 4.65. The zero-order valence-electron chi connectivity index (χ0n) is 11.6. The van der Waals surface area contributed by atoms with Crippen LogP contribution in [0.15, 0.2) is 24.8 Å². The molecular weight excluding hydrogens is 318 g/mol. The summed E-state index contributed by atoms with van der Waals surface area (Å²) in [5.41, 5.74) is 2.15. The van der Waals surface area contributed by atoms with E-state index in [4.69, 9.17) is 0 Å². The van der Waals surface area contributed by atoms with Gasteiger partial charge in [0.25, 0.3) is 0 Å². The van der Waals surface area contributed by atoms with Crippen LogP contribution in [0.1, 0.15) is 24.0 Å².